The lowest BCUT2D eigenvalue weighted by Crippen LogP contribution is -2.44. The minimum Gasteiger partial charge on any atom is -0.497 e. The highest BCUT2D eigenvalue weighted by molar-refractivity contribution is 5.79. The smallest absolute Gasteiger partial charge is 0.191 e. The molecule has 1 unspecified atom stereocenters. The summed E-state index contributed by atoms with van der Waals surface area (Å²) in [5.74, 6) is 2.42. The largest absolute Gasteiger partial charge is 0.497 e. The predicted octanol–water partition coefficient (Wildman–Crippen LogP) is 1.42. The standard InChI is InChI=1S/C19H31N3O4/c1-20-18(22-14-19(8-11-23)9-13-25-15-19)21-10-3-12-26-17-6-4-16(24-2)5-7-17/h4-7,23H,3,8-15H2,1-2H3,(H2,20,21,22). The van der Waals surface area contributed by atoms with E-state index in [9.17, 15) is 5.11 Å². The number of ether oxygens (including phenoxy) is 3. The van der Waals surface area contributed by atoms with Gasteiger partial charge >= 0.3 is 0 Å². The van der Waals surface area contributed by atoms with Crippen LogP contribution < -0.4 is 20.1 Å². The first-order valence-electron chi connectivity index (χ1n) is 9.11. The van der Waals surface area contributed by atoms with Crippen LogP contribution in [0.4, 0.5) is 0 Å². The molecule has 7 nitrogen and oxygen atoms in total. The van der Waals surface area contributed by atoms with E-state index in [0.29, 0.717) is 13.2 Å². The SMILES string of the molecule is CN=C(NCCCOc1ccc(OC)cc1)NCC1(CCO)CCOC1. The van der Waals surface area contributed by atoms with Gasteiger partial charge in [0, 0.05) is 38.8 Å². The minimum atomic E-state index is 0.00382. The molecule has 0 radical (unpaired) electrons. The summed E-state index contributed by atoms with van der Waals surface area (Å²) in [6, 6.07) is 7.57. The Hall–Kier alpha value is -1.99. The van der Waals surface area contributed by atoms with Gasteiger partial charge in [0.1, 0.15) is 11.5 Å². The molecule has 1 aromatic rings. The topological polar surface area (TPSA) is 84.3 Å². The fraction of sp³-hybridized carbons (Fsp3) is 0.632. The summed E-state index contributed by atoms with van der Waals surface area (Å²) in [7, 11) is 3.40. The van der Waals surface area contributed by atoms with Gasteiger partial charge in [-0.1, -0.05) is 0 Å². The normalized spacial score (nSPS) is 20.0. The van der Waals surface area contributed by atoms with Crippen LogP contribution in [0.5, 0.6) is 11.5 Å². The first-order valence-corrected chi connectivity index (χ1v) is 9.11. The van der Waals surface area contributed by atoms with Crippen LogP contribution in [0.2, 0.25) is 0 Å². The Morgan fingerprint density at radius 2 is 2.04 bits per heavy atom. The van der Waals surface area contributed by atoms with Crippen molar-refractivity contribution in [2.75, 3.05) is 53.7 Å². The zero-order valence-electron chi connectivity index (χ0n) is 15.8. The number of rotatable bonds is 10. The average Bonchev–Trinajstić information content (AvgIpc) is 3.13. The van der Waals surface area contributed by atoms with Gasteiger partial charge in [0.15, 0.2) is 5.96 Å². The maximum absolute atomic E-state index is 9.29. The van der Waals surface area contributed by atoms with Gasteiger partial charge in [-0.3, -0.25) is 4.99 Å². The van der Waals surface area contributed by atoms with E-state index >= 15 is 0 Å². The van der Waals surface area contributed by atoms with Crippen LogP contribution in [-0.4, -0.2) is 64.7 Å². The van der Waals surface area contributed by atoms with Crippen molar-refractivity contribution >= 4 is 5.96 Å². The summed E-state index contributed by atoms with van der Waals surface area (Å²) in [5, 5.41) is 15.9. The summed E-state index contributed by atoms with van der Waals surface area (Å²) in [5.41, 5.74) is 0.00382. The Kier molecular flexibility index (Phi) is 8.50. The van der Waals surface area contributed by atoms with Crippen LogP contribution in [-0.2, 0) is 4.74 Å². The molecule has 2 rings (SSSR count). The maximum Gasteiger partial charge on any atom is 0.191 e. The first kappa shape index (κ1) is 20.3. The van der Waals surface area contributed by atoms with E-state index < -0.39 is 0 Å². The number of methoxy groups -OCH3 is 1. The third-order valence-electron chi connectivity index (χ3n) is 4.62. The Balaban J connectivity index is 1.63. The molecule has 0 amide bonds. The van der Waals surface area contributed by atoms with Crippen molar-refractivity contribution < 1.29 is 19.3 Å². The Labute approximate surface area is 155 Å². The predicted molar refractivity (Wildman–Crippen MR) is 102 cm³/mol. The number of aliphatic hydroxyl groups excluding tert-OH is 1. The van der Waals surface area contributed by atoms with Crippen LogP contribution >= 0.6 is 0 Å². The van der Waals surface area contributed by atoms with Crippen LogP contribution in [0.25, 0.3) is 0 Å². The highest BCUT2D eigenvalue weighted by atomic mass is 16.5. The molecule has 1 fully saturated rings. The number of aliphatic hydroxyl groups is 1. The number of aliphatic imine (C=N–C) groups is 1. The Bertz CT molecular complexity index is 542. The second-order valence-corrected chi connectivity index (χ2v) is 6.51. The van der Waals surface area contributed by atoms with E-state index in [4.69, 9.17) is 14.2 Å². The lowest BCUT2D eigenvalue weighted by Gasteiger charge is -2.27. The molecule has 1 heterocycles. The van der Waals surface area contributed by atoms with Crippen molar-refractivity contribution in [3.63, 3.8) is 0 Å². The van der Waals surface area contributed by atoms with Gasteiger partial charge in [0.05, 0.1) is 20.3 Å². The first-order chi connectivity index (χ1) is 12.7. The van der Waals surface area contributed by atoms with Crippen molar-refractivity contribution in [2.45, 2.75) is 19.3 Å². The van der Waals surface area contributed by atoms with Gasteiger partial charge < -0.3 is 30.0 Å². The zero-order valence-corrected chi connectivity index (χ0v) is 15.8. The maximum atomic E-state index is 9.29. The zero-order chi connectivity index (χ0) is 18.7. The fourth-order valence-electron chi connectivity index (χ4n) is 2.94. The second-order valence-electron chi connectivity index (χ2n) is 6.51. The molecule has 146 valence electrons. The molecule has 0 spiro atoms. The summed E-state index contributed by atoms with van der Waals surface area (Å²) in [6.45, 7) is 3.76. The summed E-state index contributed by atoms with van der Waals surface area (Å²) < 4.78 is 16.3. The van der Waals surface area contributed by atoms with Gasteiger partial charge in [-0.05, 0) is 43.5 Å². The number of guanidine groups is 1. The Morgan fingerprint density at radius 3 is 2.65 bits per heavy atom. The van der Waals surface area contributed by atoms with E-state index in [2.05, 4.69) is 15.6 Å². The molecule has 1 aromatic carbocycles. The third-order valence-corrected chi connectivity index (χ3v) is 4.62. The van der Waals surface area contributed by atoms with E-state index in [1.54, 1.807) is 14.2 Å². The molecule has 1 saturated heterocycles. The van der Waals surface area contributed by atoms with Gasteiger partial charge in [-0.25, -0.2) is 0 Å². The molecule has 1 aliphatic heterocycles. The highest BCUT2D eigenvalue weighted by Gasteiger charge is 2.34. The fourth-order valence-corrected chi connectivity index (χ4v) is 2.94. The number of benzene rings is 1. The summed E-state index contributed by atoms with van der Waals surface area (Å²) in [4.78, 5) is 4.25. The van der Waals surface area contributed by atoms with Gasteiger partial charge in [-0.2, -0.15) is 0 Å². The second kappa shape index (κ2) is 10.9. The molecule has 0 saturated carbocycles. The van der Waals surface area contributed by atoms with Crippen LogP contribution in [0, 0.1) is 5.41 Å². The molecule has 7 heteroatoms. The van der Waals surface area contributed by atoms with Crippen molar-refractivity contribution in [1.82, 2.24) is 10.6 Å². The molecule has 0 aromatic heterocycles. The van der Waals surface area contributed by atoms with E-state index in [-0.39, 0.29) is 12.0 Å². The Morgan fingerprint density at radius 1 is 1.27 bits per heavy atom. The van der Waals surface area contributed by atoms with E-state index in [1.165, 1.54) is 0 Å². The van der Waals surface area contributed by atoms with Gasteiger partial charge in [0.25, 0.3) is 0 Å². The molecule has 1 aliphatic rings. The molecule has 0 bridgehead atoms. The summed E-state index contributed by atoms with van der Waals surface area (Å²) in [6.07, 6.45) is 2.57. The third kappa shape index (κ3) is 6.38. The number of nitrogens with one attached hydrogen (secondary N) is 2. The molecular weight excluding hydrogens is 334 g/mol. The number of hydrogen-bond donors (Lipinski definition) is 3. The summed E-state index contributed by atoms with van der Waals surface area (Å²) >= 11 is 0. The minimum absolute atomic E-state index is 0.00382. The van der Waals surface area contributed by atoms with E-state index in [1.807, 2.05) is 24.3 Å². The van der Waals surface area contributed by atoms with Gasteiger partial charge in [-0.15, -0.1) is 0 Å². The van der Waals surface area contributed by atoms with Crippen LogP contribution in [0.1, 0.15) is 19.3 Å². The molecule has 3 N–H and O–H groups in total. The van der Waals surface area contributed by atoms with Crippen molar-refractivity contribution in [2.24, 2.45) is 10.4 Å². The van der Waals surface area contributed by atoms with Crippen molar-refractivity contribution in [3.05, 3.63) is 24.3 Å². The lowest BCUT2D eigenvalue weighted by atomic mass is 9.84. The highest BCUT2D eigenvalue weighted by Crippen LogP contribution is 2.31. The average molecular weight is 365 g/mol. The van der Waals surface area contributed by atoms with Crippen molar-refractivity contribution in [1.29, 1.82) is 0 Å². The molecule has 26 heavy (non-hydrogen) atoms. The molecule has 1 atom stereocenters. The van der Waals surface area contributed by atoms with E-state index in [0.717, 1.165) is 56.4 Å². The molecule has 0 aliphatic carbocycles. The number of hydrogen-bond acceptors (Lipinski definition) is 5. The van der Waals surface area contributed by atoms with Crippen LogP contribution in [0.3, 0.4) is 0 Å². The monoisotopic (exact) mass is 365 g/mol. The van der Waals surface area contributed by atoms with Crippen LogP contribution in [0.15, 0.2) is 29.3 Å². The van der Waals surface area contributed by atoms with Crippen molar-refractivity contribution in [3.8, 4) is 11.5 Å². The number of nitrogens with zero attached hydrogens (tertiary/aromatic N) is 1. The lowest BCUT2D eigenvalue weighted by molar-refractivity contribution is 0.127. The molecular formula is C19H31N3O4. The van der Waals surface area contributed by atoms with Gasteiger partial charge in [0.2, 0.25) is 0 Å². The quantitative estimate of drug-likeness (QED) is 0.330.